The summed E-state index contributed by atoms with van der Waals surface area (Å²) < 4.78 is 52.0. The summed E-state index contributed by atoms with van der Waals surface area (Å²) in [5, 5.41) is 0. The first-order chi connectivity index (χ1) is 9.88. The van der Waals surface area contributed by atoms with Crippen molar-refractivity contribution in [2.45, 2.75) is 25.1 Å². The van der Waals surface area contributed by atoms with Crippen LogP contribution in [-0.4, -0.2) is 0 Å². The molecule has 0 heterocycles. The van der Waals surface area contributed by atoms with Crippen LogP contribution in [0, 0.1) is 5.82 Å². The van der Waals surface area contributed by atoms with E-state index in [1.54, 1.807) is 0 Å². The minimum Gasteiger partial charge on any atom is -0.324 e. The highest BCUT2D eigenvalue weighted by Crippen LogP contribution is 2.35. The van der Waals surface area contributed by atoms with Crippen molar-refractivity contribution in [3.05, 3.63) is 71.0 Å². The van der Waals surface area contributed by atoms with E-state index in [9.17, 15) is 17.6 Å². The lowest BCUT2D eigenvalue weighted by Gasteiger charge is -2.18. The van der Waals surface area contributed by atoms with E-state index in [0.29, 0.717) is 12.8 Å². The summed E-state index contributed by atoms with van der Waals surface area (Å²) in [7, 11) is 0. The number of nitrogens with two attached hydrogens (primary N) is 1. The molecular formula is C16H15F4N. The van der Waals surface area contributed by atoms with E-state index in [0.717, 1.165) is 23.8 Å². The average molecular weight is 297 g/mol. The second-order valence-corrected chi connectivity index (χ2v) is 4.86. The molecule has 1 unspecified atom stereocenters. The summed E-state index contributed by atoms with van der Waals surface area (Å²) in [5.74, 6) is -0.715. The van der Waals surface area contributed by atoms with E-state index in [1.165, 1.54) is 0 Å². The largest absolute Gasteiger partial charge is 0.416 e. The Hall–Kier alpha value is -1.88. The molecule has 0 bridgehead atoms. The SMILES string of the molecule is NC(CCc1ccccc1)c1cc(F)ccc1C(F)(F)F. The lowest BCUT2D eigenvalue weighted by molar-refractivity contribution is -0.138. The molecule has 0 aliphatic carbocycles. The maximum Gasteiger partial charge on any atom is 0.416 e. The van der Waals surface area contributed by atoms with Gasteiger partial charge in [-0.25, -0.2) is 4.39 Å². The second-order valence-electron chi connectivity index (χ2n) is 4.86. The summed E-state index contributed by atoms with van der Waals surface area (Å²) in [6.45, 7) is 0. The van der Waals surface area contributed by atoms with Crippen molar-refractivity contribution >= 4 is 0 Å². The number of aryl methyl sites for hydroxylation is 1. The summed E-state index contributed by atoms with van der Waals surface area (Å²) in [5.41, 5.74) is 5.76. The number of benzene rings is 2. The van der Waals surface area contributed by atoms with Crippen LogP contribution in [-0.2, 0) is 12.6 Å². The van der Waals surface area contributed by atoms with Gasteiger partial charge in [0, 0.05) is 6.04 Å². The second kappa shape index (κ2) is 6.26. The van der Waals surface area contributed by atoms with Crippen molar-refractivity contribution in [2.75, 3.05) is 0 Å². The quantitative estimate of drug-likeness (QED) is 0.827. The first-order valence-corrected chi connectivity index (χ1v) is 6.54. The third kappa shape index (κ3) is 4.04. The van der Waals surface area contributed by atoms with Crippen LogP contribution >= 0.6 is 0 Å². The fourth-order valence-electron chi connectivity index (χ4n) is 2.22. The topological polar surface area (TPSA) is 26.0 Å². The molecule has 0 aliphatic rings. The molecule has 0 aromatic heterocycles. The van der Waals surface area contributed by atoms with Crippen molar-refractivity contribution in [2.24, 2.45) is 5.73 Å². The minimum atomic E-state index is -4.53. The molecule has 2 N–H and O–H groups in total. The zero-order valence-electron chi connectivity index (χ0n) is 11.2. The third-order valence-corrected chi connectivity index (χ3v) is 3.31. The highest BCUT2D eigenvalue weighted by atomic mass is 19.4. The van der Waals surface area contributed by atoms with E-state index in [-0.39, 0.29) is 5.56 Å². The van der Waals surface area contributed by atoms with Crippen LogP contribution in [0.2, 0.25) is 0 Å². The predicted molar refractivity (Wildman–Crippen MR) is 73.1 cm³/mol. The van der Waals surface area contributed by atoms with Gasteiger partial charge in [0.1, 0.15) is 5.82 Å². The molecule has 0 fully saturated rings. The Morgan fingerprint density at radius 2 is 1.67 bits per heavy atom. The van der Waals surface area contributed by atoms with Crippen LogP contribution in [0.15, 0.2) is 48.5 Å². The summed E-state index contributed by atoms with van der Waals surface area (Å²) in [6.07, 6.45) is -3.68. The van der Waals surface area contributed by atoms with Gasteiger partial charge in [0.15, 0.2) is 0 Å². The molecule has 112 valence electrons. The van der Waals surface area contributed by atoms with Crippen LogP contribution < -0.4 is 5.73 Å². The van der Waals surface area contributed by atoms with E-state index < -0.39 is 23.6 Å². The monoisotopic (exact) mass is 297 g/mol. The van der Waals surface area contributed by atoms with Gasteiger partial charge in [-0.05, 0) is 42.2 Å². The standard InChI is InChI=1S/C16H15F4N/c17-12-7-8-14(16(18,19)20)13(10-12)15(21)9-6-11-4-2-1-3-5-11/h1-5,7-8,10,15H,6,9,21H2. The van der Waals surface area contributed by atoms with Crippen molar-refractivity contribution in [1.82, 2.24) is 0 Å². The molecule has 2 rings (SSSR count). The molecule has 0 radical (unpaired) electrons. The van der Waals surface area contributed by atoms with E-state index in [1.807, 2.05) is 30.3 Å². The number of hydrogen-bond donors (Lipinski definition) is 1. The van der Waals surface area contributed by atoms with Crippen LogP contribution in [0.3, 0.4) is 0 Å². The molecule has 0 spiro atoms. The van der Waals surface area contributed by atoms with Gasteiger partial charge in [-0.15, -0.1) is 0 Å². The van der Waals surface area contributed by atoms with Gasteiger partial charge in [0.05, 0.1) is 5.56 Å². The fraction of sp³-hybridized carbons (Fsp3) is 0.250. The summed E-state index contributed by atoms with van der Waals surface area (Å²) in [4.78, 5) is 0. The zero-order chi connectivity index (χ0) is 15.5. The third-order valence-electron chi connectivity index (χ3n) is 3.31. The van der Waals surface area contributed by atoms with Gasteiger partial charge >= 0.3 is 6.18 Å². The zero-order valence-corrected chi connectivity index (χ0v) is 11.2. The molecule has 2 aromatic rings. The van der Waals surface area contributed by atoms with E-state index in [4.69, 9.17) is 5.73 Å². The van der Waals surface area contributed by atoms with Crippen molar-refractivity contribution in [1.29, 1.82) is 0 Å². The number of alkyl halides is 3. The first-order valence-electron chi connectivity index (χ1n) is 6.54. The fourth-order valence-corrected chi connectivity index (χ4v) is 2.22. The maximum absolute atomic E-state index is 13.2. The highest BCUT2D eigenvalue weighted by Gasteiger charge is 2.34. The molecule has 2 aromatic carbocycles. The molecule has 0 saturated heterocycles. The van der Waals surface area contributed by atoms with Gasteiger partial charge in [-0.1, -0.05) is 30.3 Å². The highest BCUT2D eigenvalue weighted by molar-refractivity contribution is 5.33. The Kier molecular flexibility index (Phi) is 4.63. The molecule has 21 heavy (non-hydrogen) atoms. The van der Waals surface area contributed by atoms with Crippen LogP contribution in [0.5, 0.6) is 0 Å². The predicted octanol–water partition coefficient (Wildman–Crippen LogP) is 4.48. The van der Waals surface area contributed by atoms with Crippen molar-refractivity contribution in [3.63, 3.8) is 0 Å². The lowest BCUT2D eigenvalue weighted by Crippen LogP contribution is -2.18. The Labute approximate surface area is 120 Å². The molecule has 1 atom stereocenters. The Bertz CT molecular complexity index is 593. The van der Waals surface area contributed by atoms with Crippen molar-refractivity contribution in [3.8, 4) is 0 Å². The van der Waals surface area contributed by atoms with Gasteiger partial charge < -0.3 is 5.73 Å². The van der Waals surface area contributed by atoms with Crippen LogP contribution in [0.1, 0.15) is 29.2 Å². The minimum absolute atomic E-state index is 0.196. The normalized spacial score (nSPS) is 13.2. The van der Waals surface area contributed by atoms with Gasteiger partial charge in [0.25, 0.3) is 0 Å². The Balaban J connectivity index is 2.18. The van der Waals surface area contributed by atoms with Crippen LogP contribution in [0.25, 0.3) is 0 Å². The summed E-state index contributed by atoms with van der Waals surface area (Å²) >= 11 is 0. The molecule has 0 saturated carbocycles. The van der Waals surface area contributed by atoms with Gasteiger partial charge in [-0.2, -0.15) is 13.2 Å². The van der Waals surface area contributed by atoms with Gasteiger partial charge in [0.2, 0.25) is 0 Å². The Morgan fingerprint density at radius 3 is 2.29 bits per heavy atom. The van der Waals surface area contributed by atoms with E-state index >= 15 is 0 Å². The molecule has 5 heteroatoms. The molecule has 1 nitrogen and oxygen atoms in total. The molecule has 0 aliphatic heterocycles. The lowest BCUT2D eigenvalue weighted by atomic mass is 9.95. The molecule has 0 amide bonds. The van der Waals surface area contributed by atoms with Crippen molar-refractivity contribution < 1.29 is 17.6 Å². The van der Waals surface area contributed by atoms with Crippen LogP contribution in [0.4, 0.5) is 17.6 Å². The Morgan fingerprint density at radius 1 is 1.00 bits per heavy atom. The first kappa shape index (κ1) is 15.5. The smallest absolute Gasteiger partial charge is 0.324 e. The summed E-state index contributed by atoms with van der Waals surface area (Å²) in [6, 6.07) is 10.9. The van der Waals surface area contributed by atoms with E-state index in [2.05, 4.69) is 0 Å². The maximum atomic E-state index is 13.2. The average Bonchev–Trinajstić information content (AvgIpc) is 2.44. The number of hydrogen-bond acceptors (Lipinski definition) is 1. The number of rotatable bonds is 4. The van der Waals surface area contributed by atoms with Gasteiger partial charge in [-0.3, -0.25) is 0 Å². The molecular weight excluding hydrogens is 282 g/mol. The number of halogens is 4.